The van der Waals surface area contributed by atoms with Gasteiger partial charge in [0.2, 0.25) is 0 Å². The van der Waals surface area contributed by atoms with E-state index in [9.17, 15) is 0 Å². The Balaban J connectivity index is 2.53. The van der Waals surface area contributed by atoms with E-state index in [4.69, 9.17) is 0 Å². The molecule has 0 bridgehead atoms. The smallest absolute Gasteiger partial charge is 0.129 e. The van der Waals surface area contributed by atoms with Crippen LogP contribution in [0.2, 0.25) is 0 Å². The van der Waals surface area contributed by atoms with Crippen LogP contribution in [0.5, 0.6) is 0 Å². The Bertz CT molecular complexity index is 261. The van der Waals surface area contributed by atoms with E-state index in [1.807, 2.05) is 7.05 Å². The average Bonchev–Trinajstić information content (AvgIpc) is 2.20. The molecule has 1 rings (SSSR count). The Morgan fingerprint density at radius 1 is 1.43 bits per heavy atom. The molecule has 0 radical (unpaired) electrons. The van der Waals surface area contributed by atoms with Gasteiger partial charge in [-0.15, -0.1) is 0 Å². The van der Waals surface area contributed by atoms with Crippen LogP contribution in [0.15, 0.2) is 16.9 Å². The summed E-state index contributed by atoms with van der Waals surface area (Å²) in [5.74, 6) is 0.904. The van der Waals surface area contributed by atoms with Crippen molar-refractivity contribution >= 4 is 15.9 Å². The van der Waals surface area contributed by atoms with Gasteiger partial charge in [0.25, 0.3) is 0 Å². The molecule has 0 saturated carbocycles. The summed E-state index contributed by atoms with van der Waals surface area (Å²) in [5.41, 5.74) is 0. The Morgan fingerprint density at radius 3 is 2.57 bits per heavy atom. The molecule has 3 nitrogen and oxygen atoms in total. The van der Waals surface area contributed by atoms with Gasteiger partial charge in [0.1, 0.15) is 5.82 Å². The van der Waals surface area contributed by atoms with Gasteiger partial charge in [0, 0.05) is 24.9 Å². The van der Waals surface area contributed by atoms with Crippen molar-refractivity contribution < 1.29 is 0 Å². The van der Waals surface area contributed by atoms with Crippen LogP contribution in [0.25, 0.3) is 0 Å². The van der Waals surface area contributed by atoms with E-state index < -0.39 is 0 Å². The summed E-state index contributed by atoms with van der Waals surface area (Å²) >= 11 is 3.32. The molecule has 14 heavy (non-hydrogen) atoms. The van der Waals surface area contributed by atoms with Crippen molar-refractivity contribution in [2.45, 2.75) is 32.2 Å². The maximum Gasteiger partial charge on any atom is 0.129 e. The molecule has 0 aliphatic rings. The van der Waals surface area contributed by atoms with Crippen molar-refractivity contribution in [3.8, 4) is 0 Å². The van der Waals surface area contributed by atoms with E-state index in [1.165, 1.54) is 6.42 Å². The lowest BCUT2D eigenvalue weighted by Gasteiger charge is -2.13. The lowest BCUT2D eigenvalue weighted by atomic mass is 10.1. The van der Waals surface area contributed by atoms with Crippen LogP contribution < -0.4 is 5.32 Å². The number of aromatic nitrogens is 2. The van der Waals surface area contributed by atoms with Gasteiger partial charge in [-0.1, -0.05) is 13.3 Å². The lowest BCUT2D eigenvalue weighted by molar-refractivity contribution is 0.503. The van der Waals surface area contributed by atoms with Crippen LogP contribution in [0.4, 0.5) is 0 Å². The van der Waals surface area contributed by atoms with Crippen molar-refractivity contribution in [3.05, 3.63) is 22.7 Å². The molecule has 0 aromatic carbocycles. The third-order valence-corrected chi connectivity index (χ3v) is 2.56. The maximum absolute atomic E-state index is 4.25. The molecule has 0 amide bonds. The highest BCUT2D eigenvalue weighted by atomic mass is 79.9. The van der Waals surface area contributed by atoms with Crippen LogP contribution in [-0.4, -0.2) is 23.1 Å². The number of nitrogens with zero attached hydrogens (tertiary/aromatic N) is 2. The van der Waals surface area contributed by atoms with E-state index in [1.54, 1.807) is 12.4 Å². The minimum absolute atomic E-state index is 0.487. The highest BCUT2D eigenvalue weighted by Crippen LogP contribution is 2.07. The molecular formula is C10H16BrN3. The first-order valence-electron chi connectivity index (χ1n) is 4.90. The van der Waals surface area contributed by atoms with Crippen LogP contribution in [0.3, 0.4) is 0 Å². The van der Waals surface area contributed by atoms with Gasteiger partial charge in [0.15, 0.2) is 0 Å². The van der Waals surface area contributed by atoms with Crippen LogP contribution in [0.1, 0.15) is 25.6 Å². The second-order valence-corrected chi connectivity index (χ2v) is 4.21. The Hall–Kier alpha value is -0.480. The Morgan fingerprint density at radius 2 is 2.07 bits per heavy atom. The van der Waals surface area contributed by atoms with Crippen molar-refractivity contribution in [3.63, 3.8) is 0 Å². The summed E-state index contributed by atoms with van der Waals surface area (Å²) in [6.07, 6.45) is 6.83. The Labute approximate surface area is 93.5 Å². The van der Waals surface area contributed by atoms with Gasteiger partial charge in [-0.3, -0.25) is 0 Å². The maximum atomic E-state index is 4.25. The molecule has 1 aromatic rings. The van der Waals surface area contributed by atoms with Gasteiger partial charge in [0.05, 0.1) is 4.47 Å². The predicted molar refractivity (Wildman–Crippen MR) is 61.2 cm³/mol. The minimum atomic E-state index is 0.487. The number of rotatable bonds is 5. The molecule has 0 aliphatic heterocycles. The highest BCUT2D eigenvalue weighted by molar-refractivity contribution is 9.10. The van der Waals surface area contributed by atoms with Crippen LogP contribution >= 0.6 is 15.9 Å². The molecule has 0 spiro atoms. The number of hydrogen-bond donors (Lipinski definition) is 1. The lowest BCUT2D eigenvalue weighted by Crippen LogP contribution is -2.28. The molecule has 1 unspecified atom stereocenters. The third-order valence-electron chi connectivity index (χ3n) is 2.15. The van der Waals surface area contributed by atoms with E-state index in [0.717, 1.165) is 23.1 Å². The average molecular weight is 258 g/mol. The van der Waals surface area contributed by atoms with E-state index in [2.05, 4.69) is 38.1 Å². The zero-order valence-electron chi connectivity index (χ0n) is 8.63. The van der Waals surface area contributed by atoms with E-state index in [0.29, 0.717) is 6.04 Å². The fourth-order valence-electron chi connectivity index (χ4n) is 1.36. The molecule has 1 atom stereocenters. The van der Waals surface area contributed by atoms with Gasteiger partial charge >= 0.3 is 0 Å². The molecular weight excluding hydrogens is 242 g/mol. The third kappa shape index (κ3) is 3.72. The SMILES string of the molecule is CCCC(Cc1ncc(Br)cn1)NC. The molecule has 0 aliphatic carbocycles. The second-order valence-electron chi connectivity index (χ2n) is 3.30. The zero-order valence-corrected chi connectivity index (χ0v) is 10.2. The molecule has 0 saturated heterocycles. The number of likely N-dealkylation sites (N-methyl/N-ethyl adjacent to an activating group) is 1. The normalized spacial score (nSPS) is 12.8. The molecule has 1 heterocycles. The quantitative estimate of drug-likeness (QED) is 0.879. The summed E-state index contributed by atoms with van der Waals surface area (Å²) in [6.45, 7) is 2.19. The molecule has 1 N–H and O–H groups in total. The van der Waals surface area contributed by atoms with Crippen molar-refractivity contribution in [1.82, 2.24) is 15.3 Å². The van der Waals surface area contributed by atoms with E-state index in [-0.39, 0.29) is 0 Å². The van der Waals surface area contributed by atoms with Crippen molar-refractivity contribution in [2.24, 2.45) is 0 Å². The largest absolute Gasteiger partial charge is 0.317 e. The zero-order chi connectivity index (χ0) is 10.4. The first-order chi connectivity index (χ1) is 6.76. The fraction of sp³-hybridized carbons (Fsp3) is 0.600. The van der Waals surface area contributed by atoms with Gasteiger partial charge in [-0.05, 0) is 29.4 Å². The summed E-state index contributed by atoms with van der Waals surface area (Å²) < 4.78 is 0.928. The van der Waals surface area contributed by atoms with Crippen LogP contribution in [0, 0.1) is 0 Å². The highest BCUT2D eigenvalue weighted by Gasteiger charge is 2.07. The summed E-state index contributed by atoms with van der Waals surface area (Å²) in [6, 6.07) is 0.487. The summed E-state index contributed by atoms with van der Waals surface area (Å²) in [5, 5.41) is 3.27. The van der Waals surface area contributed by atoms with Gasteiger partial charge < -0.3 is 5.32 Å². The topological polar surface area (TPSA) is 37.8 Å². The van der Waals surface area contributed by atoms with Crippen molar-refractivity contribution in [1.29, 1.82) is 0 Å². The first kappa shape index (κ1) is 11.6. The van der Waals surface area contributed by atoms with Gasteiger partial charge in [-0.2, -0.15) is 0 Å². The molecule has 78 valence electrons. The predicted octanol–water partition coefficient (Wildman–Crippen LogP) is 2.17. The molecule has 4 heteroatoms. The minimum Gasteiger partial charge on any atom is -0.317 e. The summed E-state index contributed by atoms with van der Waals surface area (Å²) in [7, 11) is 1.99. The number of halogens is 1. The fourth-order valence-corrected chi connectivity index (χ4v) is 1.57. The van der Waals surface area contributed by atoms with Crippen LogP contribution in [-0.2, 0) is 6.42 Å². The molecule has 0 fully saturated rings. The number of hydrogen-bond acceptors (Lipinski definition) is 3. The first-order valence-corrected chi connectivity index (χ1v) is 5.69. The monoisotopic (exact) mass is 257 g/mol. The van der Waals surface area contributed by atoms with Gasteiger partial charge in [-0.25, -0.2) is 9.97 Å². The second kappa shape index (κ2) is 6.09. The Kier molecular flexibility index (Phi) is 5.04. The molecule has 1 aromatic heterocycles. The standard InChI is InChI=1S/C10H16BrN3/c1-3-4-9(12-2)5-10-13-6-8(11)7-14-10/h6-7,9,12H,3-5H2,1-2H3. The van der Waals surface area contributed by atoms with E-state index >= 15 is 0 Å². The number of nitrogens with one attached hydrogen (secondary N) is 1. The summed E-state index contributed by atoms with van der Waals surface area (Å²) in [4.78, 5) is 8.50. The van der Waals surface area contributed by atoms with Crippen molar-refractivity contribution in [2.75, 3.05) is 7.05 Å².